The third-order valence-electron chi connectivity index (χ3n) is 3.35. The molecule has 0 aliphatic carbocycles. The lowest BCUT2D eigenvalue weighted by Gasteiger charge is -2.20. The van der Waals surface area contributed by atoms with Crippen LogP contribution in [0, 0.1) is 11.3 Å². The summed E-state index contributed by atoms with van der Waals surface area (Å²) in [6.45, 7) is 2.04. The summed E-state index contributed by atoms with van der Waals surface area (Å²) in [7, 11) is -2.25. The third-order valence-corrected chi connectivity index (χ3v) is 5.20. The number of benzene rings is 2. The van der Waals surface area contributed by atoms with Gasteiger partial charge in [0.15, 0.2) is 0 Å². The van der Waals surface area contributed by atoms with Gasteiger partial charge in [-0.2, -0.15) is 5.26 Å². The first-order valence-electron chi connectivity index (χ1n) is 6.57. The highest BCUT2D eigenvalue weighted by Gasteiger charge is 2.24. The third kappa shape index (κ3) is 2.91. The maximum atomic E-state index is 12.6. The number of nitrogens with zero attached hydrogens (tertiary/aromatic N) is 2. The van der Waals surface area contributed by atoms with Gasteiger partial charge in [-0.05, 0) is 36.2 Å². The maximum absolute atomic E-state index is 12.6. The van der Waals surface area contributed by atoms with Gasteiger partial charge in [-0.15, -0.1) is 0 Å². The van der Waals surface area contributed by atoms with Crippen molar-refractivity contribution in [1.82, 2.24) is 0 Å². The second kappa shape index (κ2) is 5.98. The molecule has 0 aliphatic heterocycles. The van der Waals surface area contributed by atoms with Crippen LogP contribution in [0.15, 0.2) is 53.4 Å². The van der Waals surface area contributed by atoms with Gasteiger partial charge in [0, 0.05) is 7.05 Å². The van der Waals surface area contributed by atoms with Crippen molar-refractivity contribution in [2.45, 2.75) is 18.2 Å². The lowest BCUT2D eigenvalue weighted by Crippen LogP contribution is -2.27. The van der Waals surface area contributed by atoms with Gasteiger partial charge in [0.25, 0.3) is 10.0 Å². The Kier molecular flexibility index (Phi) is 4.29. The lowest BCUT2D eigenvalue weighted by molar-refractivity contribution is 0.594. The average Bonchev–Trinajstić information content (AvgIpc) is 2.54. The lowest BCUT2D eigenvalue weighted by atomic mass is 10.1. The first kappa shape index (κ1) is 15.1. The minimum absolute atomic E-state index is 0.0227. The van der Waals surface area contributed by atoms with E-state index < -0.39 is 10.0 Å². The highest BCUT2D eigenvalue weighted by atomic mass is 32.2. The van der Waals surface area contributed by atoms with E-state index in [2.05, 4.69) is 0 Å². The summed E-state index contributed by atoms with van der Waals surface area (Å²) in [4.78, 5) is 0.0227. The van der Waals surface area contributed by atoms with E-state index in [1.165, 1.54) is 23.5 Å². The maximum Gasteiger partial charge on any atom is 0.265 e. The van der Waals surface area contributed by atoms with Crippen LogP contribution in [-0.4, -0.2) is 15.5 Å². The van der Waals surface area contributed by atoms with E-state index >= 15 is 0 Å². The molecule has 0 radical (unpaired) electrons. The molecule has 108 valence electrons. The van der Waals surface area contributed by atoms with E-state index in [-0.39, 0.29) is 10.5 Å². The summed E-state index contributed by atoms with van der Waals surface area (Å²) in [6.07, 6.45) is 0.897. The second-order valence-corrected chi connectivity index (χ2v) is 6.54. The molecule has 0 atom stereocenters. The number of hydrogen-bond acceptors (Lipinski definition) is 3. The smallest absolute Gasteiger partial charge is 0.265 e. The van der Waals surface area contributed by atoms with E-state index in [4.69, 9.17) is 5.26 Å². The van der Waals surface area contributed by atoms with Crippen molar-refractivity contribution < 1.29 is 8.42 Å². The van der Waals surface area contributed by atoms with E-state index in [1.54, 1.807) is 24.3 Å². The van der Waals surface area contributed by atoms with Crippen LogP contribution in [0.4, 0.5) is 5.69 Å². The molecule has 21 heavy (non-hydrogen) atoms. The van der Waals surface area contributed by atoms with Crippen LogP contribution in [0.3, 0.4) is 0 Å². The largest absolute Gasteiger partial charge is 0.269 e. The molecule has 0 saturated carbocycles. The SMILES string of the molecule is CCc1ccc(N(C)S(=O)(=O)c2ccccc2C#N)cc1. The van der Waals surface area contributed by atoms with Crippen molar-refractivity contribution in [3.8, 4) is 6.07 Å². The highest BCUT2D eigenvalue weighted by Crippen LogP contribution is 2.24. The number of nitriles is 1. The summed E-state index contributed by atoms with van der Waals surface area (Å²) in [5, 5.41) is 9.07. The first-order chi connectivity index (χ1) is 10.0. The van der Waals surface area contributed by atoms with E-state index in [0.29, 0.717) is 5.69 Å². The van der Waals surface area contributed by atoms with E-state index in [0.717, 1.165) is 12.0 Å². The summed E-state index contributed by atoms with van der Waals surface area (Å²) < 4.78 is 26.5. The summed E-state index contributed by atoms with van der Waals surface area (Å²) >= 11 is 0. The van der Waals surface area contributed by atoms with Gasteiger partial charge in [0.1, 0.15) is 11.0 Å². The van der Waals surface area contributed by atoms with Crippen molar-refractivity contribution in [2.75, 3.05) is 11.4 Å². The van der Waals surface area contributed by atoms with Crippen molar-refractivity contribution in [3.63, 3.8) is 0 Å². The second-order valence-electron chi connectivity index (χ2n) is 4.60. The molecule has 2 rings (SSSR count). The average molecular weight is 300 g/mol. The summed E-state index contributed by atoms with van der Waals surface area (Å²) in [6, 6.07) is 15.5. The van der Waals surface area contributed by atoms with Crippen LogP contribution in [0.2, 0.25) is 0 Å². The Morgan fingerprint density at radius 3 is 2.29 bits per heavy atom. The minimum Gasteiger partial charge on any atom is -0.269 e. The normalized spacial score (nSPS) is 10.9. The number of sulfonamides is 1. The quantitative estimate of drug-likeness (QED) is 0.872. The van der Waals surface area contributed by atoms with Crippen LogP contribution < -0.4 is 4.31 Å². The molecule has 0 saturated heterocycles. The molecule has 0 amide bonds. The Bertz CT molecular complexity index is 775. The van der Waals surface area contributed by atoms with Crippen LogP contribution >= 0.6 is 0 Å². The first-order valence-corrected chi connectivity index (χ1v) is 8.01. The van der Waals surface area contributed by atoms with Crippen LogP contribution in [0.1, 0.15) is 18.1 Å². The van der Waals surface area contributed by atoms with Crippen molar-refractivity contribution in [1.29, 1.82) is 5.26 Å². The van der Waals surface area contributed by atoms with Gasteiger partial charge in [0.2, 0.25) is 0 Å². The number of anilines is 1. The Morgan fingerprint density at radius 1 is 1.10 bits per heavy atom. The van der Waals surface area contributed by atoms with Gasteiger partial charge in [-0.3, -0.25) is 4.31 Å². The Labute approximate surface area is 125 Å². The molecule has 0 fully saturated rings. The van der Waals surface area contributed by atoms with Gasteiger partial charge in [-0.1, -0.05) is 31.2 Å². The molecule has 2 aromatic rings. The molecule has 0 spiro atoms. The standard InChI is InChI=1S/C16H16N2O2S/c1-3-13-8-10-15(11-9-13)18(2)21(19,20)16-7-5-4-6-14(16)12-17/h4-11H,3H2,1-2H3. The number of hydrogen-bond donors (Lipinski definition) is 0. The molecule has 0 unspecified atom stereocenters. The van der Waals surface area contributed by atoms with E-state index in [1.807, 2.05) is 25.1 Å². The molecule has 0 bridgehead atoms. The fourth-order valence-electron chi connectivity index (χ4n) is 2.01. The van der Waals surface area contributed by atoms with Gasteiger partial charge >= 0.3 is 0 Å². The molecular weight excluding hydrogens is 284 g/mol. The number of aryl methyl sites for hydroxylation is 1. The summed E-state index contributed by atoms with van der Waals surface area (Å²) in [5.74, 6) is 0. The zero-order valence-corrected chi connectivity index (χ0v) is 12.8. The Balaban J connectivity index is 2.45. The fraction of sp³-hybridized carbons (Fsp3) is 0.188. The van der Waals surface area contributed by atoms with Gasteiger partial charge < -0.3 is 0 Å². The predicted molar refractivity (Wildman–Crippen MR) is 82.6 cm³/mol. The zero-order valence-electron chi connectivity index (χ0n) is 11.9. The predicted octanol–water partition coefficient (Wildman–Crippen LogP) is 2.95. The molecule has 0 aromatic heterocycles. The van der Waals surface area contributed by atoms with Crippen molar-refractivity contribution in [2.24, 2.45) is 0 Å². The molecular formula is C16H16N2O2S. The van der Waals surface area contributed by atoms with Gasteiger partial charge in [-0.25, -0.2) is 8.42 Å². The fourth-order valence-corrected chi connectivity index (χ4v) is 3.35. The zero-order chi connectivity index (χ0) is 15.5. The topological polar surface area (TPSA) is 61.2 Å². The van der Waals surface area contributed by atoms with Gasteiger partial charge in [0.05, 0.1) is 11.3 Å². The summed E-state index contributed by atoms with van der Waals surface area (Å²) in [5.41, 5.74) is 1.86. The molecule has 2 aromatic carbocycles. The number of rotatable bonds is 4. The molecule has 0 heterocycles. The minimum atomic E-state index is -3.74. The Hall–Kier alpha value is -2.32. The molecule has 5 heteroatoms. The van der Waals surface area contributed by atoms with Crippen LogP contribution in [-0.2, 0) is 16.4 Å². The van der Waals surface area contributed by atoms with E-state index in [9.17, 15) is 8.42 Å². The molecule has 0 aliphatic rings. The van der Waals surface area contributed by atoms with Crippen LogP contribution in [0.25, 0.3) is 0 Å². The Morgan fingerprint density at radius 2 is 1.71 bits per heavy atom. The molecule has 0 N–H and O–H groups in total. The van der Waals surface area contributed by atoms with Crippen LogP contribution in [0.5, 0.6) is 0 Å². The monoisotopic (exact) mass is 300 g/mol. The highest BCUT2D eigenvalue weighted by molar-refractivity contribution is 7.92. The van der Waals surface area contributed by atoms with Crippen molar-refractivity contribution in [3.05, 3.63) is 59.7 Å². The van der Waals surface area contributed by atoms with Crippen molar-refractivity contribution >= 4 is 15.7 Å². The molecule has 4 nitrogen and oxygen atoms in total.